The van der Waals surface area contributed by atoms with Crippen LogP contribution in [0.5, 0.6) is 0 Å². The Morgan fingerprint density at radius 1 is 1.31 bits per heavy atom. The maximum absolute atomic E-state index is 10.7. The van der Waals surface area contributed by atoms with Gasteiger partial charge in [-0.2, -0.15) is 0 Å². The number of imidazole rings is 1. The van der Waals surface area contributed by atoms with E-state index in [1.165, 1.54) is 17.2 Å². The number of fused-ring (bicyclic) bond motifs is 1. The predicted molar refractivity (Wildman–Crippen MR) is 76.6 cm³/mol. The van der Waals surface area contributed by atoms with E-state index in [1.54, 1.807) is 0 Å². The molecule has 4 atom stereocenters. The van der Waals surface area contributed by atoms with Crippen molar-refractivity contribution in [3.8, 4) is 0 Å². The summed E-state index contributed by atoms with van der Waals surface area (Å²) >= 11 is -1.56. The molecular weight excluding hydrogens is 416 g/mol. The first kappa shape index (κ1) is 21.0. The fourth-order valence-corrected chi connectivity index (χ4v) is 2.66. The van der Waals surface area contributed by atoms with E-state index < -0.39 is 55.6 Å². The fraction of sp³-hybridized carbons (Fsp3) is 0.500. The van der Waals surface area contributed by atoms with Crippen LogP contribution in [0.3, 0.4) is 0 Å². The second kappa shape index (κ2) is 8.58. The number of phosphoric ester groups is 1. The Morgan fingerprint density at radius 2 is 1.96 bits per heavy atom. The van der Waals surface area contributed by atoms with Gasteiger partial charge in [0.15, 0.2) is 17.7 Å². The zero-order valence-electron chi connectivity index (χ0n) is 12.8. The Hall–Kier alpha value is -1.32. The summed E-state index contributed by atoms with van der Waals surface area (Å²) in [4.78, 5) is 29.2. The Kier molecular flexibility index (Phi) is 6.93. The molecule has 1 aliphatic rings. The van der Waals surface area contributed by atoms with Crippen molar-refractivity contribution in [1.29, 1.82) is 0 Å². The molecule has 144 valence electrons. The topological polar surface area (TPSA) is 223 Å². The van der Waals surface area contributed by atoms with Gasteiger partial charge in [0.1, 0.15) is 30.2 Å². The molecular formula is C10H15N5O9PV. The molecule has 3 heterocycles. The number of nitrogen functional groups attached to an aromatic ring is 1. The van der Waals surface area contributed by atoms with Gasteiger partial charge < -0.3 is 30.5 Å². The first-order valence-electron chi connectivity index (χ1n) is 6.81. The van der Waals surface area contributed by atoms with E-state index in [1.807, 2.05) is 0 Å². The van der Waals surface area contributed by atoms with Gasteiger partial charge in [0.2, 0.25) is 0 Å². The minimum atomic E-state index is -4.72. The summed E-state index contributed by atoms with van der Waals surface area (Å²) in [5, 5.41) is 20.1. The summed E-state index contributed by atoms with van der Waals surface area (Å²) in [6.45, 7) is -0.594. The van der Waals surface area contributed by atoms with Crippen LogP contribution in [0.4, 0.5) is 5.82 Å². The number of hydrogen-bond acceptors (Lipinski definition) is 10. The van der Waals surface area contributed by atoms with Gasteiger partial charge in [0.05, 0.1) is 12.9 Å². The van der Waals surface area contributed by atoms with Crippen molar-refractivity contribution in [3.63, 3.8) is 0 Å². The predicted octanol–water partition coefficient (Wildman–Crippen LogP) is -2.54. The molecule has 1 aliphatic heterocycles. The van der Waals surface area contributed by atoms with E-state index in [4.69, 9.17) is 28.0 Å². The van der Waals surface area contributed by atoms with Crippen LogP contribution in [-0.4, -0.2) is 68.5 Å². The van der Waals surface area contributed by atoms with Gasteiger partial charge in [-0.05, 0) is 0 Å². The van der Waals surface area contributed by atoms with Crippen LogP contribution in [0, 0.1) is 0 Å². The SMILES string of the molecule is Nc1ncnc2c1ncn2[C@@H]1O[C@H](COP(=O)(O)O)[C@@H](O)[C@H]1O.[O]=[V][OH]. The molecule has 0 spiro atoms. The summed E-state index contributed by atoms with van der Waals surface area (Å²) < 4.78 is 37.5. The van der Waals surface area contributed by atoms with Gasteiger partial charge in [-0.3, -0.25) is 9.09 Å². The molecule has 1 saturated heterocycles. The molecule has 0 bridgehead atoms. The summed E-state index contributed by atoms with van der Waals surface area (Å²) in [5.74, 6) is 0.142. The number of aliphatic hydroxyl groups excluding tert-OH is 2. The molecule has 0 aromatic carbocycles. The summed E-state index contributed by atoms with van der Waals surface area (Å²) in [6, 6.07) is 0. The first-order valence-corrected chi connectivity index (χ1v) is 9.53. The summed E-state index contributed by atoms with van der Waals surface area (Å²) in [7, 11) is -4.72. The average molecular weight is 431 g/mol. The maximum atomic E-state index is 10.7. The number of nitrogens with two attached hydrogens (primary N) is 1. The molecule has 7 N–H and O–H groups in total. The Labute approximate surface area is 152 Å². The molecule has 0 radical (unpaired) electrons. The third-order valence-electron chi connectivity index (χ3n) is 3.41. The van der Waals surface area contributed by atoms with Gasteiger partial charge >= 0.3 is 32.1 Å². The van der Waals surface area contributed by atoms with Crippen molar-refractivity contribution in [2.75, 3.05) is 12.3 Å². The molecule has 0 saturated carbocycles. The second-order valence-corrected chi connectivity index (χ2v) is 6.49. The first-order chi connectivity index (χ1) is 12.2. The third-order valence-corrected chi connectivity index (χ3v) is 3.89. The van der Waals surface area contributed by atoms with Gasteiger partial charge in [-0.25, -0.2) is 19.5 Å². The molecule has 3 rings (SSSR count). The van der Waals surface area contributed by atoms with E-state index in [9.17, 15) is 14.8 Å². The number of aliphatic hydroxyl groups is 2. The number of rotatable bonds is 4. The number of aromatic nitrogens is 4. The standard InChI is InChI=1S/C10H14N5O7P.H2O.O.V/c11-8-5-9(13-2-12-8)15(3-14-5)10-7(17)6(16)4(22-10)1-21-23(18,19)20;;;/h2-4,6-7,10,16-17H,1H2,(H2,11,12,13)(H2,18,19,20);1H2;;/q;;;+1/p-1/t4-,6-,7-,10-;;;/m1.../s1. The van der Waals surface area contributed by atoms with Crippen LogP contribution in [0.1, 0.15) is 6.23 Å². The van der Waals surface area contributed by atoms with Crippen molar-refractivity contribution in [3.05, 3.63) is 12.7 Å². The van der Waals surface area contributed by atoms with Crippen LogP contribution in [0.2, 0.25) is 0 Å². The zero-order chi connectivity index (χ0) is 19.5. The van der Waals surface area contributed by atoms with Gasteiger partial charge in [-0.15, -0.1) is 0 Å². The molecule has 1 fully saturated rings. The number of ether oxygens (including phenoxy) is 1. The quantitative estimate of drug-likeness (QED) is 0.275. The van der Waals surface area contributed by atoms with Crippen molar-refractivity contribution in [2.24, 2.45) is 0 Å². The minimum absolute atomic E-state index is 0.142. The van der Waals surface area contributed by atoms with E-state index in [0.29, 0.717) is 5.52 Å². The molecule has 0 aliphatic carbocycles. The van der Waals surface area contributed by atoms with Crippen LogP contribution in [0.15, 0.2) is 12.7 Å². The van der Waals surface area contributed by atoms with Crippen molar-refractivity contribution < 1.29 is 58.1 Å². The molecule has 2 aromatic heterocycles. The van der Waals surface area contributed by atoms with Crippen LogP contribution in [0.25, 0.3) is 11.2 Å². The normalized spacial score (nSPS) is 25.7. The van der Waals surface area contributed by atoms with E-state index in [0.717, 1.165) is 0 Å². The molecule has 16 heteroatoms. The molecule has 0 unspecified atom stereocenters. The van der Waals surface area contributed by atoms with Gasteiger partial charge in [0.25, 0.3) is 0 Å². The summed E-state index contributed by atoms with van der Waals surface area (Å²) in [6.07, 6.45) is -2.49. The van der Waals surface area contributed by atoms with E-state index in [-0.39, 0.29) is 11.5 Å². The Balaban J connectivity index is 0.000000758. The second-order valence-electron chi connectivity index (χ2n) is 5.00. The summed E-state index contributed by atoms with van der Waals surface area (Å²) in [5.41, 5.74) is 6.25. The number of hydrogen-bond donors (Lipinski definition) is 6. The van der Waals surface area contributed by atoms with Gasteiger partial charge in [-0.1, -0.05) is 0 Å². The van der Waals surface area contributed by atoms with Crippen molar-refractivity contribution in [1.82, 2.24) is 19.5 Å². The van der Waals surface area contributed by atoms with Crippen LogP contribution in [-0.2, 0) is 34.1 Å². The van der Waals surface area contributed by atoms with Crippen LogP contribution < -0.4 is 5.73 Å². The number of nitrogens with zero attached hydrogens (tertiary/aromatic N) is 4. The third kappa shape index (κ3) is 4.69. The fourth-order valence-electron chi connectivity index (χ4n) is 2.32. The zero-order valence-corrected chi connectivity index (χ0v) is 15.1. The number of phosphoric acid groups is 1. The Bertz CT molecular complexity index is 815. The number of anilines is 1. The van der Waals surface area contributed by atoms with Gasteiger partial charge in [0, 0.05) is 0 Å². The molecule has 26 heavy (non-hydrogen) atoms. The Morgan fingerprint density at radius 3 is 2.58 bits per heavy atom. The molecule has 0 amide bonds. The van der Waals surface area contributed by atoms with E-state index in [2.05, 4.69) is 19.5 Å². The molecule has 2 aromatic rings. The monoisotopic (exact) mass is 431 g/mol. The van der Waals surface area contributed by atoms with E-state index >= 15 is 0 Å². The average Bonchev–Trinajstić information content (AvgIpc) is 3.10. The van der Waals surface area contributed by atoms with Crippen LogP contribution >= 0.6 is 7.82 Å². The van der Waals surface area contributed by atoms with Crippen molar-refractivity contribution in [2.45, 2.75) is 24.5 Å². The van der Waals surface area contributed by atoms with Crippen molar-refractivity contribution >= 4 is 24.8 Å². The molecule has 14 nitrogen and oxygen atoms in total.